The summed E-state index contributed by atoms with van der Waals surface area (Å²) in [5, 5.41) is 4.78. The summed E-state index contributed by atoms with van der Waals surface area (Å²) in [6.07, 6.45) is 2.31. The van der Waals surface area contributed by atoms with Crippen molar-refractivity contribution in [2.24, 2.45) is 5.16 Å². The van der Waals surface area contributed by atoms with Gasteiger partial charge in [0.05, 0.1) is 5.71 Å². The lowest BCUT2D eigenvalue weighted by atomic mass is 10.2. The molecule has 0 bridgehead atoms. The highest BCUT2D eigenvalue weighted by molar-refractivity contribution is 9.09. The minimum absolute atomic E-state index is 0.292. The van der Waals surface area contributed by atoms with Crippen molar-refractivity contribution in [2.45, 2.75) is 25.9 Å². The molecule has 1 atom stereocenters. The zero-order valence-electron chi connectivity index (χ0n) is 5.43. The summed E-state index contributed by atoms with van der Waals surface area (Å²) in [7, 11) is 0. The Kier molecular flexibility index (Phi) is 2.51. The highest BCUT2D eigenvalue weighted by atomic mass is 79.9. The molecule has 0 aromatic carbocycles. The maximum atomic E-state index is 5.05. The van der Waals surface area contributed by atoms with Crippen LogP contribution < -0.4 is 0 Å². The average Bonchev–Trinajstić information content (AvgIpc) is 2.34. The largest absolute Gasteiger partial charge is 0.391 e. The van der Waals surface area contributed by atoms with Crippen LogP contribution in [-0.4, -0.2) is 17.1 Å². The van der Waals surface area contributed by atoms with Crippen molar-refractivity contribution in [3.05, 3.63) is 0 Å². The van der Waals surface area contributed by atoms with Crippen LogP contribution >= 0.6 is 15.9 Å². The maximum Gasteiger partial charge on any atom is 0.142 e. The van der Waals surface area contributed by atoms with Crippen molar-refractivity contribution >= 4 is 21.6 Å². The third-order valence-electron chi connectivity index (χ3n) is 1.37. The Morgan fingerprint density at radius 1 is 1.89 bits per heavy atom. The second-order valence-corrected chi connectivity index (χ2v) is 2.74. The number of halogens is 1. The van der Waals surface area contributed by atoms with E-state index in [4.69, 9.17) is 4.84 Å². The minimum Gasteiger partial charge on any atom is -0.391 e. The fourth-order valence-corrected chi connectivity index (χ4v) is 1.13. The summed E-state index contributed by atoms with van der Waals surface area (Å²) < 4.78 is 0. The van der Waals surface area contributed by atoms with E-state index in [1.807, 2.05) is 0 Å². The van der Waals surface area contributed by atoms with Gasteiger partial charge in [0.25, 0.3) is 0 Å². The molecule has 0 N–H and O–H groups in total. The van der Waals surface area contributed by atoms with Crippen LogP contribution in [0.15, 0.2) is 5.16 Å². The Labute approximate surface area is 63.4 Å². The summed E-state index contributed by atoms with van der Waals surface area (Å²) in [6.45, 7) is 2.10. The summed E-state index contributed by atoms with van der Waals surface area (Å²) in [4.78, 5) is 5.05. The molecule has 0 amide bonds. The van der Waals surface area contributed by atoms with Crippen LogP contribution in [0.2, 0.25) is 0 Å². The number of hydrogen-bond donors (Lipinski definition) is 0. The highest BCUT2D eigenvalue weighted by Crippen LogP contribution is 2.13. The van der Waals surface area contributed by atoms with Crippen LogP contribution in [0.4, 0.5) is 0 Å². The van der Waals surface area contributed by atoms with Crippen molar-refractivity contribution in [3.63, 3.8) is 0 Å². The monoisotopic (exact) mass is 191 g/mol. The first kappa shape index (κ1) is 7.06. The van der Waals surface area contributed by atoms with Gasteiger partial charge in [-0.3, -0.25) is 0 Å². The maximum absolute atomic E-state index is 5.05. The van der Waals surface area contributed by atoms with Crippen LogP contribution in [0.1, 0.15) is 19.8 Å². The molecule has 0 aromatic rings. The van der Waals surface area contributed by atoms with Gasteiger partial charge in [0.15, 0.2) is 0 Å². The van der Waals surface area contributed by atoms with Gasteiger partial charge in [-0.2, -0.15) is 0 Å². The van der Waals surface area contributed by atoms with E-state index < -0.39 is 0 Å². The van der Waals surface area contributed by atoms with Crippen LogP contribution in [0.5, 0.6) is 0 Å². The van der Waals surface area contributed by atoms with E-state index in [1.54, 1.807) is 0 Å². The van der Waals surface area contributed by atoms with E-state index in [1.165, 1.54) is 5.71 Å². The Balaban J connectivity index is 2.31. The van der Waals surface area contributed by atoms with Crippen LogP contribution in [0, 0.1) is 0 Å². The number of alkyl halides is 1. The molecule has 0 aliphatic carbocycles. The number of oxime groups is 1. The molecule has 0 spiro atoms. The SMILES string of the molecule is CCC1=NO[C@H](CBr)C1. The van der Waals surface area contributed by atoms with Gasteiger partial charge in [0, 0.05) is 11.8 Å². The first-order chi connectivity index (χ1) is 4.36. The molecule has 1 rings (SSSR count). The molecular formula is C6H10BrNO. The van der Waals surface area contributed by atoms with Crippen LogP contribution in [0.3, 0.4) is 0 Å². The van der Waals surface area contributed by atoms with Gasteiger partial charge < -0.3 is 4.84 Å². The van der Waals surface area contributed by atoms with E-state index in [2.05, 4.69) is 28.0 Å². The molecule has 9 heavy (non-hydrogen) atoms. The molecule has 0 fully saturated rings. The van der Waals surface area contributed by atoms with Crippen LogP contribution in [-0.2, 0) is 4.84 Å². The van der Waals surface area contributed by atoms with Gasteiger partial charge in [-0.25, -0.2) is 0 Å². The first-order valence-corrected chi connectivity index (χ1v) is 4.26. The molecule has 0 unspecified atom stereocenters. The normalized spacial score (nSPS) is 25.6. The molecular weight excluding hydrogens is 182 g/mol. The zero-order valence-corrected chi connectivity index (χ0v) is 7.02. The van der Waals surface area contributed by atoms with Gasteiger partial charge in [0.1, 0.15) is 6.10 Å². The minimum atomic E-state index is 0.292. The second-order valence-electron chi connectivity index (χ2n) is 2.10. The Hall–Kier alpha value is -0.0500. The lowest BCUT2D eigenvalue weighted by Crippen LogP contribution is -2.07. The lowest BCUT2D eigenvalue weighted by molar-refractivity contribution is 0.104. The Morgan fingerprint density at radius 2 is 2.67 bits per heavy atom. The summed E-state index contributed by atoms with van der Waals surface area (Å²) in [5.74, 6) is 0. The quantitative estimate of drug-likeness (QED) is 0.612. The van der Waals surface area contributed by atoms with Crippen molar-refractivity contribution in [2.75, 3.05) is 5.33 Å². The molecule has 0 radical (unpaired) electrons. The third-order valence-corrected chi connectivity index (χ3v) is 2.10. The standard InChI is InChI=1S/C6H10BrNO/c1-2-5-3-6(4-7)9-8-5/h6H,2-4H2,1H3/t6-/m0/s1. The lowest BCUT2D eigenvalue weighted by Gasteiger charge is -1.99. The number of nitrogens with zero attached hydrogens (tertiary/aromatic N) is 1. The second kappa shape index (κ2) is 3.20. The molecule has 0 saturated carbocycles. The number of hydrogen-bond acceptors (Lipinski definition) is 2. The topological polar surface area (TPSA) is 21.6 Å². The molecule has 0 saturated heterocycles. The number of rotatable bonds is 2. The summed E-state index contributed by atoms with van der Waals surface area (Å²) in [6, 6.07) is 0. The van der Waals surface area contributed by atoms with Gasteiger partial charge in [0.2, 0.25) is 0 Å². The molecule has 1 heterocycles. The highest BCUT2D eigenvalue weighted by Gasteiger charge is 2.17. The molecule has 1 aliphatic heterocycles. The van der Waals surface area contributed by atoms with Gasteiger partial charge in [-0.1, -0.05) is 28.0 Å². The van der Waals surface area contributed by atoms with Gasteiger partial charge >= 0.3 is 0 Å². The van der Waals surface area contributed by atoms with E-state index in [9.17, 15) is 0 Å². The molecule has 52 valence electrons. The molecule has 1 aliphatic rings. The van der Waals surface area contributed by atoms with Crippen molar-refractivity contribution in [3.8, 4) is 0 Å². The van der Waals surface area contributed by atoms with E-state index in [-0.39, 0.29) is 0 Å². The summed E-state index contributed by atoms with van der Waals surface area (Å²) >= 11 is 3.33. The van der Waals surface area contributed by atoms with Crippen molar-refractivity contribution < 1.29 is 4.84 Å². The fourth-order valence-electron chi connectivity index (χ4n) is 0.778. The molecule has 0 aromatic heterocycles. The summed E-state index contributed by atoms with van der Waals surface area (Å²) in [5.41, 5.74) is 1.18. The van der Waals surface area contributed by atoms with Gasteiger partial charge in [-0.15, -0.1) is 0 Å². The molecule has 2 nitrogen and oxygen atoms in total. The van der Waals surface area contributed by atoms with E-state index >= 15 is 0 Å². The smallest absolute Gasteiger partial charge is 0.142 e. The predicted octanol–water partition coefficient (Wildman–Crippen LogP) is 1.94. The fraction of sp³-hybridized carbons (Fsp3) is 0.833. The zero-order chi connectivity index (χ0) is 6.69. The Bertz CT molecular complexity index is 124. The first-order valence-electron chi connectivity index (χ1n) is 3.14. The van der Waals surface area contributed by atoms with Crippen LogP contribution in [0.25, 0.3) is 0 Å². The van der Waals surface area contributed by atoms with Crippen molar-refractivity contribution in [1.82, 2.24) is 0 Å². The third kappa shape index (κ3) is 1.68. The average molecular weight is 192 g/mol. The van der Waals surface area contributed by atoms with E-state index in [0.717, 1.165) is 18.2 Å². The molecule has 3 heteroatoms. The Morgan fingerprint density at radius 3 is 3.00 bits per heavy atom. The van der Waals surface area contributed by atoms with Crippen molar-refractivity contribution in [1.29, 1.82) is 0 Å². The van der Waals surface area contributed by atoms with E-state index in [0.29, 0.717) is 6.10 Å². The predicted molar refractivity (Wildman–Crippen MR) is 41.0 cm³/mol. The van der Waals surface area contributed by atoms with Gasteiger partial charge in [-0.05, 0) is 6.42 Å².